The number of nitrogens with two attached hydrogens (primary N) is 1. The SMILES string of the molecule is CC1(C(O)(O)C2(N)C3C(O)C3(O)C2(O)O)C(O)(O)C2(CO)C(O)(O)C23OC13O. The molecule has 28 heavy (non-hydrogen) atoms. The fourth-order valence-corrected chi connectivity index (χ4v) is 6.58. The van der Waals surface area contributed by atoms with Crippen LogP contribution in [0.15, 0.2) is 0 Å². The van der Waals surface area contributed by atoms with Crippen molar-refractivity contribution in [1.82, 2.24) is 0 Å². The van der Waals surface area contributed by atoms with Gasteiger partial charge in [-0.15, -0.1) is 0 Å². The smallest absolute Gasteiger partial charge is 0.220 e. The lowest BCUT2D eigenvalue weighted by molar-refractivity contribution is -0.471. The van der Waals surface area contributed by atoms with Crippen LogP contribution in [-0.2, 0) is 4.74 Å². The second-order valence-electron chi connectivity index (χ2n) is 8.92. The molecule has 1 aliphatic heterocycles. The molecule has 4 aliphatic carbocycles. The molecule has 8 atom stereocenters. The van der Waals surface area contributed by atoms with E-state index in [1.165, 1.54) is 0 Å². The highest BCUT2D eigenvalue weighted by Gasteiger charge is 3.21. The minimum absolute atomic E-state index is 0.582. The van der Waals surface area contributed by atoms with E-state index in [1.54, 1.807) is 0 Å². The van der Waals surface area contributed by atoms with Gasteiger partial charge in [0, 0.05) is 0 Å². The molecule has 5 aliphatic rings. The minimum Gasteiger partial charge on any atom is -0.395 e. The molecule has 14 heteroatoms. The van der Waals surface area contributed by atoms with Gasteiger partial charge in [0.2, 0.25) is 23.1 Å². The van der Waals surface area contributed by atoms with Crippen molar-refractivity contribution in [2.75, 3.05) is 6.61 Å². The number of aliphatic hydroxyl groups excluding tert-OH is 2. The molecule has 160 valence electrons. The summed E-state index contributed by atoms with van der Waals surface area (Å²) in [6.45, 7) is -0.837. The largest absolute Gasteiger partial charge is 0.395 e. The van der Waals surface area contributed by atoms with Gasteiger partial charge in [-0.2, -0.15) is 0 Å². The fraction of sp³-hybridized carbons (Fsp3) is 1.00. The number of hydrogen-bond donors (Lipinski definition) is 13. The minimum atomic E-state index is -3.94. The van der Waals surface area contributed by atoms with Gasteiger partial charge in [0.05, 0.1) is 18.6 Å². The maximum Gasteiger partial charge on any atom is 0.220 e. The lowest BCUT2D eigenvalue weighted by Crippen LogP contribution is -2.91. The van der Waals surface area contributed by atoms with Gasteiger partial charge in [0.15, 0.2) is 17.0 Å². The van der Waals surface area contributed by atoms with Crippen LogP contribution in [0, 0.1) is 16.7 Å². The normalized spacial score (nSPS) is 63.6. The molecule has 0 amide bonds. The van der Waals surface area contributed by atoms with Crippen molar-refractivity contribution in [2.24, 2.45) is 22.5 Å². The summed E-state index contributed by atoms with van der Waals surface area (Å²) in [5.74, 6) is -19.4. The Labute approximate surface area is 154 Å². The molecule has 0 radical (unpaired) electrons. The Morgan fingerprint density at radius 3 is 1.79 bits per heavy atom. The number of epoxide rings is 1. The zero-order valence-electron chi connectivity index (χ0n) is 14.2. The van der Waals surface area contributed by atoms with E-state index in [4.69, 9.17) is 10.5 Å². The molecule has 14 N–H and O–H groups in total. The van der Waals surface area contributed by atoms with Gasteiger partial charge in [-0.05, 0) is 6.92 Å². The van der Waals surface area contributed by atoms with E-state index < -0.39 is 75.1 Å². The lowest BCUT2D eigenvalue weighted by Gasteiger charge is -2.63. The Morgan fingerprint density at radius 2 is 1.43 bits per heavy atom. The number of fused-ring (bicyclic) bond motifs is 1. The van der Waals surface area contributed by atoms with Crippen molar-refractivity contribution in [3.63, 3.8) is 0 Å². The molecule has 0 aromatic rings. The number of rotatable bonds is 3. The number of hydrogen-bond acceptors (Lipinski definition) is 14. The van der Waals surface area contributed by atoms with Crippen LogP contribution in [-0.4, -0.2) is 120 Å². The summed E-state index contributed by atoms with van der Waals surface area (Å²) in [6.07, 6.45) is -1.94. The number of ether oxygens (including phenoxy) is 1. The van der Waals surface area contributed by atoms with Crippen molar-refractivity contribution in [3.05, 3.63) is 0 Å². The van der Waals surface area contributed by atoms with Gasteiger partial charge in [0.25, 0.3) is 0 Å². The van der Waals surface area contributed by atoms with Gasteiger partial charge in [-0.25, -0.2) is 0 Å². The average Bonchev–Trinajstić information content (AvgIpc) is 3.43. The van der Waals surface area contributed by atoms with Crippen molar-refractivity contribution in [1.29, 1.82) is 0 Å². The van der Waals surface area contributed by atoms with E-state index in [9.17, 15) is 61.3 Å². The van der Waals surface area contributed by atoms with E-state index in [2.05, 4.69) is 0 Å². The van der Waals surface area contributed by atoms with Gasteiger partial charge in [-0.1, -0.05) is 0 Å². The molecule has 0 aromatic heterocycles. The highest BCUT2D eigenvalue weighted by atomic mass is 16.8. The molecule has 1 saturated heterocycles. The van der Waals surface area contributed by atoms with Crippen LogP contribution >= 0.6 is 0 Å². The summed E-state index contributed by atoms with van der Waals surface area (Å²) < 4.78 is 4.89. The third-order valence-corrected chi connectivity index (χ3v) is 8.60. The predicted molar refractivity (Wildman–Crippen MR) is 76.4 cm³/mol. The second kappa shape index (κ2) is 3.76. The average molecular weight is 411 g/mol. The predicted octanol–water partition coefficient (Wildman–Crippen LogP) is -8.39. The lowest BCUT2D eigenvalue weighted by atomic mass is 9.53. The summed E-state index contributed by atoms with van der Waals surface area (Å²) in [5.41, 5.74) is -8.82. The highest BCUT2D eigenvalue weighted by molar-refractivity contribution is 5.58. The summed E-state index contributed by atoms with van der Waals surface area (Å²) >= 11 is 0. The zero-order valence-corrected chi connectivity index (χ0v) is 14.2. The van der Waals surface area contributed by atoms with Crippen LogP contribution in [0.3, 0.4) is 0 Å². The van der Waals surface area contributed by atoms with Gasteiger partial charge in [-0.3, -0.25) is 0 Å². The quantitative estimate of drug-likeness (QED) is 0.152. The van der Waals surface area contributed by atoms with Crippen molar-refractivity contribution in [2.45, 2.75) is 58.7 Å². The van der Waals surface area contributed by atoms with Crippen LogP contribution in [0.25, 0.3) is 0 Å². The molecule has 1 heterocycles. The Morgan fingerprint density at radius 1 is 0.929 bits per heavy atom. The Kier molecular flexibility index (Phi) is 2.61. The van der Waals surface area contributed by atoms with Crippen molar-refractivity contribution < 1.29 is 66.0 Å². The molecule has 14 nitrogen and oxygen atoms in total. The Bertz CT molecular complexity index is 845. The molecule has 4 saturated carbocycles. The summed E-state index contributed by atoms with van der Waals surface area (Å²) in [4.78, 5) is 0. The summed E-state index contributed by atoms with van der Waals surface area (Å²) in [5, 5.41) is 124. The van der Waals surface area contributed by atoms with Crippen LogP contribution < -0.4 is 5.73 Å². The molecular weight excluding hydrogens is 390 g/mol. The summed E-state index contributed by atoms with van der Waals surface area (Å²) in [6, 6.07) is 0. The molecule has 0 bridgehead atoms. The van der Waals surface area contributed by atoms with Gasteiger partial charge < -0.3 is 71.7 Å². The first-order valence-electron chi connectivity index (χ1n) is 8.31. The fourth-order valence-electron chi connectivity index (χ4n) is 6.58. The Balaban J connectivity index is 1.71. The first-order valence-corrected chi connectivity index (χ1v) is 8.31. The van der Waals surface area contributed by atoms with E-state index >= 15 is 0 Å². The molecule has 5 rings (SSSR count). The molecular formula is C14H21NO13. The molecule has 8 unspecified atom stereocenters. The van der Waals surface area contributed by atoms with Gasteiger partial charge >= 0.3 is 0 Å². The Hall–Kier alpha value is -0.560. The van der Waals surface area contributed by atoms with Gasteiger partial charge in [0.1, 0.15) is 16.4 Å². The molecule has 1 spiro atoms. The third kappa shape index (κ3) is 0.997. The maximum absolute atomic E-state index is 10.9. The summed E-state index contributed by atoms with van der Waals surface area (Å²) in [7, 11) is 0. The molecule has 0 aromatic carbocycles. The van der Waals surface area contributed by atoms with Crippen molar-refractivity contribution >= 4 is 0 Å². The van der Waals surface area contributed by atoms with Crippen LogP contribution in [0.2, 0.25) is 0 Å². The maximum atomic E-state index is 10.9. The first kappa shape index (κ1) is 19.4. The van der Waals surface area contributed by atoms with Crippen molar-refractivity contribution in [3.8, 4) is 0 Å². The number of aliphatic hydroxyl groups is 12. The highest BCUT2D eigenvalue weighted by Crippen LogP contribution is 2.95. The van der Waals surface area contributed by atoms with E-state index in [0.717, 1.165) is 0 Å². The monoisotopic (exact) mass is 411 g/mol. The van der Waals surface area contributed by atoms with Crippen LogP contribution in [0.1, 0.15) is 6.92 Å². The van der Waals surface area contributed by atoms with Crippen LogP contribution in [0.5, 0.6) is 0 Å². The topological polar surface area (TPSA) is 281 Å². The molecule has 5 fully saturated rings. The van der Waals surface area contributed by atoms with E-state index in [-0.39, 0.29) is 0 Å². The van der Waals surface area contributed by atoms with Crippen LogP contribution in [0.4, 0.5) is 0 Å². The first-order chi connectivity index (χ1) is 12.3. The third-order valence-electron chi connectivity index (χ3n) is 8.60. The van der Waals surface area contributed by atoms with E-state index in [1.807, 2.05) is 0 Å². The second-order valence-corrected chi connectivity index (χ2v) is 8.92. The standard InChI is InChI=1S/C14H21NO13/c1-5(11(21,22)8(15)3-4(17)7(3,18)13(8,25)26)10(19,20)6(2-16)9(12(6,23)24)14(5,27)28-9/h3-4,16-27H,2,15H2,1H3. The zero-order chi connectivity index (χ0) is 21.6. The van der Waals surface area contributed by atoms with E-state index in [0.29, 0.717) is 6.92 Å².